The van der Waals surface area contributed by atoms with E-state index in [0.29, 0.717) is 17.1 Å². The quantitative estimate of drug-likeness (QED) is 0.595. The maximum absolute atomic E-state index is 13.0. The molecular formula is C21H22FN5O2S. The van der Waals surface area contributed by atoms with Crippen molar-refractivity contribution in [3.8, 4) is 0 Å². The first-order valence-electron chi connectivity index (χ1n) is 9.67. The highest BCUT2D eigenvalue weighted by Gasteiger charge is 2.14. The van der Waals surface area contributed by atoms with E-state index >= 15 is 0 Å². The molecule has 0 aliphatic carbocycles. The number of benzene rings is 2. The van der Waals surface area contributed by atoms with Gasteiger partial charge >= 0.3 is 0 Å². The minimum Gasteiger partial charge on any atom is -0.370 e. The summed E-state index contributed by atoms with van der Waals surface area (Å²) in [5.74, 6) is -0.00139. The Labute approximate surface area is 175 Å². The van der Waals surface area contributed by atoms with Crippen molar-refractivity contribution >= 4 is 32.9 Å². The Kier molecular flexibility index (Phi) is 5.80. The summed E-state index contributed by atoms with van der Waals surface area (Å²) in [4.78, 5) is 2.28. The smallest absolute Gasteiger partial charge is 0.236 e. The second kappa shape index (κ2) is 8.66. The molecule has 0 radical (unpaired) electrons. The third kappa shape index (κ3) is 5.24. The van der Waals surface area contributed by atoms with Gasteiger partial charge in [0.1, 0.15) is 5.82 Å². The fourth-order valence-electron chi connectivity index (χ4n) is 3.35. The van der Waals surface area contributed by atoms with E-state index < -0.39 is 15.8 Å². The standard InChI is InChI=1S/C21H22FN5O2S/c22-17-5-3-16(4-6-17)15-30(28,29)26-19-9-7-18(8-10-19)24-21-13-20(14-23-25-21)27-11-1-2-12-27/h3-10,13-14,26H,1-2,11-12,15H2,(H,24,25). The highest BCUT2D eigenvalue weighted by atomic mass is 32.2. The summed E-state index contributed by atoms with van der Waals surface area (Å²) >= 11 is 0. The van der Waals surface area contributed by atoms with E-state index in [0.717, 1.165) is 24.5 Å². The molecule has 2 heterocycles. The zero-order chi connectivity index (χ0) is 21.0. The summed E-state index contributed by atoms with van der Waals surface area (Å²) in [6.45, 7) is 2.05. The van der Waals surface area contributed by atoms with Crippen LogP contribution in [0.5, 0.6) is 0 Å². The van der Waals surface area contributed by atoms with Crippen LogP contribution in [-0.4, -0.2) is 31.7 Å². The molecule has 7 nitrogen and oxygen atoms in total. The number of sulfonamides is 1. The molecule has 1 aliphatic rings. The molecule has 0 amide bonds. The van der Waals surface area contributed by atoms with Crippen molar-refractivity contribution in [3.63, 3.8) is 0 Å². The molecule has 3 aromatic rings. The van der Waals surface area contributed by atoms with Crippen LogP contribution in [0, 0.1) is 5.82 Å². The molecule has 0 bridgehead atoms. The van der Waals surface area contributed by atoms with Gasteiger partial charge in [-0.2, -0.15) is 5.10 Å². The van der Waals surface area contributed by atoms with Gasteiger partial charge in [-0.15, -0.1) is 5.10 Å². The Morgan fingerprint density at radius 2 is 1.63 bits per heavy atom. The fourth-order valence-corrected chi connectivity index (χ4v) is 4.55. The molecule has 1 saturated heterocycles. The number of aromatic nitrogens is 2. The first-order chi connectivity index (χ1) is 14.5. The lowest BCUT2D eigenvalue weighted by atomic mass is 10.2. The Hall–Kier alpha value is -3.20. The van der Waals surface area contributed by atoms with E-state index in [2.05, 4.69) is 25.1 Å². The molecule has 1 aromatic heterocycles. The molecule has 1 aliphatic heterocycles. The molecule has 30 heavy (non-hydrogen) atoms. The van der Waals surface area contributed by atoms with E-state index in [1.807, 2.05) is 6.07 Å². The van der Waals surface area contributed by atoms with Gasteiger partial charge in [0.25, 0.3) is 0 Å². The Morgan fingerprint density at radius 3 is 2.33 bits per heavy atom. The minimum atomic E-state index is -3.61. The molecule has 156 valence electrons. The van der Waals surface area contributed by atoms with Crippen LogP contribution < -0.4 is 14.9 Å². The number of nitrogens with one attached hydrogen (secondary N) is 2. The summed E-state index contributed by atoms with van der Waals surface area (Å²) in [7, 11) is -3.61. The van der Waals surface area contributed by atoms with Crippen LogP contribution in [0.2, 0.25) is 0 Å². The molecule has 2 aromatic carbocycles. The molecule has 2 N–H and O–H groups in total. The van der Waals surface area contributed by atoms with Gasteiger partial charge in [-0.3, -0.25) is 4.72 Å². The lowest BCUT2D eigenvalue weighted by molar-refractivity contribution is 0.600. The molecule has 9 heteroatoms. The van der Waals surface area contributed by atoms with Crippen LogP contribution in [0.15, 0.2) is 60.8 Å². The highest BCUT2D eigenvalue weighted by Crippen LogP contribution is 2.24. The first-order valence-corrected chi connectivity index (χ1v) is 11.3. The number of hydrogen-bond donors (Lipinski definition) is 2. The number of anilines is 4. The highest BCUT2D eigenvalue weighted by molar-refractivity contribution is 7.91. The van der Waals surface area contributed by atoms with Crippen molar-refractivity contribution in [2.24, 2.45) is 0 Å². The predicted molar refractivity (Wildman–Crippen MR) is 116 cm³/mol. The molecular weight excluding hydrogens is 405 g/mol. The number of rotatable bonds is 7. The lowest BCUT2D eigenvalue weighted by Gasteiger charge is -2.17. The number of nitrogens with zero attached hydrogens (tertiary/aromatic N) is 3. The second-order valence-electron chi connectivity index (χ2n) is 7.18. The Bertz CT molecular complexity index is 1100. The van der Waals surface area contributed by atoms with Gasteiger partial charge in [0.05, 0.1) is 17.6 Å². The first kappa shape index (κ1) is 20.1. The maximum Gasteiger partial charge on any atom is 0.236 e. The van der Waals surface area contributed by atoms with Crippen molar-refractivity contribution in [2.75, 3.05) is 28.0 Å². The normalized spacial score (nSPS) is 14.0. The van der Waals surface area contributed by atoms with E-state index in [4.69, 9.17) is 0 Å². The Morgan fingerprint density at radius 1 is 0.967 bits per heavy atom. The zero-order valence-electron chi connectivity index (χ0n) is 16.3. The summed E-state index contributed by atoms with van der Waals surface area (Å²) < 4.78 is 40.2. The van der Waals surface area contributed by atoms with Gasteiger partial charge in [0, 0.05) is 30.5 Å². The molecule has 0 saturated carbocycles. The molecule has 0 spiro atoms. The topological polar surface area (TPSA) is 87.2 Å². The van der Waals surface area contributed by atoms with Gasteiger partial charge in [-0.1, -0.05) is 12.1 Å². The Balaban J connectivity index is 1.39. The van der Waals surface area contributed by atoms with E-state index in [-0.39, 0.29) is 5.75 Å². The van der Waals surface area contributed by atoms with Gasteiger partial charge in [0.2, 0.25) is 10.0 Å². The van der Waals surface area contributed by atoms with Crippen molar-refractivity contribution < 1.29 is 12.8 Å². The molecule has 4 rings (SSSR count). The molecule has 0 unspecified atom stereocenters. The third-order valence-corrected chi connectivity index (χ3v) is 6.07. The van der Waals surface area contributed by atoms with Crippen LogP contribution in [0.3, 0.4) is 0 Å². The fraction of sp³-hybridized carbons (Fsp3) is 0.238. The van der Waals surface area contributed by atoms with Crippen molar-refractivity contribution in [1.29, 1.82) is 0 Å². The lowest BCUT2D eigenvalue weighted by Crippen LogP contribution is -2.18. The molecule has 0 atom stereocenters. The summed E-state index contributed by atoms with van der Waals surface area (Å²) in [6, 6.07) is 14.2. The van der Waals surface area contributed by atoms with Crippen LogP contribution in [0.25, 0.3) is 0 Å². The van der Waals surface area contributed by atoms with Gasteiger partial charge in [-0.05, 0) is 54.8 Å². The minimum absolute atomic E-state index is 0.230. The maximum atomic E-state index is 13.0. The van der Waals surface area contributed by atoms with E-state index in [1.165, 1.54) is 37.1 Å². The van der Waals surface area contributed by atoms with Crippen molar-refractivity contribution in [3.05, 3.63) is 72.2 Å². The van der Waals surface area contributed by atoms with Crippen LogP contribution in [0.4, 0.5) is 27.3 Å². The van der Waals surface area contributed by atoms with Crippen LogP contribution >= 0.6 is 0 Å². The van der Waals surface area contributed by atoms with E-state index in [1.54, 1.807) is 30.5 Å². The second-order valence-corrected chi connectivity index (χ2v) is 8.91. The predicted octanol–water partition coefficient (Wildman–Crippen LogP) is 3.90. The average molecular weight is 428 g/mol. The summed E-state index contributed by atoms with van der Waals surface area (Å²) in [5.41, 5.74) is 2.76. The largest absolute Gasteiger partial charge is 0.370 e. The molecule has 1 fully saturated rings. The van der Waals surface area contributed by atoms with Crippen molar-refractivity contribution in [1.82, 2.24) is 10.2 Å². The van der Waals surface area contributed by atoms with Crippen LogP contribution in [-0.2, 0) is 15.8 Å². The van der Waals surface area contributed by atoms with Gasteiger partial charge in [0.15, 0.2) is 5.82 Å². The van der Waals surface area contributed by atoms with Crippen LogP contribution in [0.1, 0.15) is 18.4 Å². The number of hydrogen-bond acceptors (Lipinski definition) is 6. The number of halogens is 1. The van der Waals surface area contributed by atoms with E-state index in [9.17, 15) is 12.8 Å². The summed E-state index contributed by atoms with van der Waals surface area (Å²) in [5, 5.41) is 11.4. The third-order valence-electron chi connectivity index (χ3n) is 4.81. The average Bonchev–Trinajstić information content (AvgIpc) is 3.26. The van der Waals surface area contributed by atoms with Gasteiger partial charge in [-0.25, -0.2) is 12.8 Å². The monoisotopic (exact) mass is 427 g/mol. The van der Waals surface area contributed by atoms with Gasteiger partial charge < -0.3 is 10.2 Å². The summed E-state index contributed by atoms with van der Waals surface area (Å²) in [6.07, 6.45) is 4.13. The van der Waals surface area contributed by atoms with Crippen molar-refractivity contribution in [2.45, 2.75) is 18.6 Å². The SMILES string of the molecule is O=S(=O)(Cc1ccc(F)cc1)Nc1ccc(Nc2cc(N3CCCC3)cnn2)cc1. The zero-order valence-corrected chi connectivity index (χ0v) is 17.1.